The standard InChI is InChI=1S/C57H44N4/c1-36-31-37(2)33-43(32-36)61-52-25-23-41(35-48(52)54-44-16-8-7-13-38(44)21-26-53(54)61)40-22-24-51-47(34-40)45-17-10-12-20-50(45)60(51)42-27-29-57(3,30-28-42)56-58-49-19-11-9-18-46(49)55(59-56)39-14-5-4-6-15-39/h4-29,32-36H,30-31H2,1-3H3. The lowest BCUT2D eigenvalue weighted by atomic mass is 9.81. The van der Waals surface area contributed by atoms with Crippen LogP contribution in [0.25, 0.3) is 99.1 Å². The third-order valence-corrected chi connectivity index (χ3v) is 13.2. The Bertz CT molecular complexity index is 3570. The molecule has 0 radical (unpaired) electrons. The number of rotatable bonds is 5. The molecule has 0 N–H and O–H groups in total. The lowest BCUT2D eigenvalue weighted by molar-refractivity contribution is 0.560. The van der Waals surface area contributed by atoms with Crippen LogP contribution in [-0.2, 0) is 5.41 Å². The first-order valence-electron chi connectivity index (χ1n) is 21.5. The Labute approximate surface area is 355 Å². The van der Waals surface area contributed by atoms with Gasteiger partial charge in [-0.15, -0.1) is 0 Å². The van der Waals surface area contributed by atoms with E-state index in [9.17, 15) is 0 Å². The van der Waals surface area contributed by atoms with Gasteiger partial charge in [0.25, 0.3) is 0 Å². The molecule has 0 spiro atoms. The first-order chi connectivity index (χ1) is 29.9. The Hall–Kier alpha value is -7.30. The van der Waals surface area contributed by atoms with Gasteiger partial charge >= 0.3 is 0 Å². The molecule has 0 saturated carbocycles. The second-order valence-electron chi connectivity index (χ2n) is 17.5. The number of hydrogen-bond donors (Lipinski definition) is 0. The zero-order valence-electron chi connectivity index (χ0n) is 34.6. The Balaban J connectivity index is 0.965. The third kappa shape index (κ3) is 5.66. The van der Waals surface area contributed by atoms with Gasteiger partial charge in [-0.3, -0.25) is 0 Å². The van der Waals surface area contributed by atoms with Gasteiger partial charge in [-0.25, -0.2) is 9.97 Å². The van der Waals surface area contributed by atoms with Crippen LogP contribution in [0.2, 0.25) is 0 Å². The Morgan fingerprint density at radius 2 is 1.23 bits per heavy atom. The number of hydrogen-bond acceptors (Lipinski definition) is 2. The minimum absolute atomic E-state index is 0.364. The molecule has 7 aromatic carbocycles. The van der Waals surface area contributed by atoms with Crippen molar-refractivity contribution >= 4 is 76.7 Å². The molecule has 2 aliphatic rings. The average molecular weight is 785 g/mol. The number of fused-ring (bicyclic) bond motifs is 9. The molecule has 0 aliphatic heterocycles. The zero-order valence-corrected chi connectivity index (χ0v) is 34.6. The summed E-state index contributed by atoms with van der Waals surface area (Å²) in [4.78, 5) is 10.4. The molecule has 12 rings (SSSR count). The van der Waals surface area contributed by atoms with Crippen molar-refractivity contribution in [2.24, 2.45) is 5.92 Å². The van der Waals surface area contributed by atoms with Gasteiger partial charge in [-0.1, -0.05) is 140 Å². The van der Waals surface area contributed by atoms with E-state index in [0.29, 0.717) is 5.92 Å². The van der Waals surface area contributed by atoms with E-state index in [-0.39, 0.29) is 5.41 Å². The smallest absolute Gasteiger partial charge is 0.139 e. The fourth-order valence-corrected chi connectivity index (χ4v) is 10.2. The van der Waals surface area contributed by atoms with E-state index in [1.807, 2.05) is 0 Å². The van der Waals surface area contributed by atoms with Crippen LogP contribution in [-0.4, -0.2) is 19.1 Å². The molecule has 0 saturated heterocycles. The van der Waals surface area contributed by atoms with Crippen LogP contribution in [0, 0.1) is 5.92 Å². The lowest BCUT2D eigenvalue weighted by Crippen LogP contribution is -2.24. The van der Waals surface area contributed by atoms with Gasteiger partial charge in [0.2, 0.25) is 0 Å². The SMILES string of the molecule is CC1=CC(n2c3ccc(-c4ccc5c(c4)c4ccccc4n5C4=CCC(C)(c5nc(-c6ccccc6)c6ccccc6n5)C=C4)cc3c3c4ccccc4ccc32)=CC(C)C1. The number of allylic oxidation sites excluding steroid dienone is 8. The summed E-state index contributed by atoms with van der Waals surface area (Å²) in [6, 6.07) is 55.2. The van der Waals surface area contributed by atoms with Gasteiger partial charge in [0.15, 0.2) is 0 Å². The second-order valence-corrected chi connectivity index (χ2v) is 17.5. The van der Waals surface area contributed by atoms with Crippen LogP contribution in [0.3, 0.4) is 0 Å². The van der Waals surface area contributed by atoms with E-state index >= 15 is 0 Å². The second kappa shape index (κ2) is 13.6. The first kappa shape index (κ1) is 35.6. The van der Waals surface area contributed by atoms with E-state index in [4.69, 9.17) is 9.97 Å². The maximum atomic E-state index is 5.27. The van der Waals surface area contributed by atoms with Crippen molar-refractivity contribution in [3.8, 4) is 22.4 Å². The first-order valence-corrected chi connectivity index (χ1v) is 21.5. The summed E-state index contributed by atoms with van der Waals surface area (Å²) in [7, 11) is 0. The summed E-state index contributed by atoms with van der Waals surface area (Å²) < 4.78 is 4.92. The molecule has 3 aromatic heterocycles. The molecular formula is C57H44N4. The topological polar surface area (TPSA) is 35.6 Å². The summed E-state index contributed by atoms with van der Waals surface area (Å²) in [6.07, 6.45) is 13.7. The van der Waals surface area contributed by atoms with Crippen LogP contribution >= 0.6 is 0 Å². The molecule has 0 fully saturated rings. The van der Waals surface area contributed by atoms with E-state index < -0.39 is 0 Å². The zero-order chi connectivity index (χ0) is 40.8. The number of nitrogens with zero attached hydrogens (tertiary/aromatic N) is 4. The van der Waals surface area contributed by atoms with Crippen LogP contribution < -0.4 is 0 Å². The number of benzene rings is 7. The van der Waals surface area contributed by atoms with Gasteiger partial charge in [-0.2, -0.15) is 0 Å². The summed E-state index contributed by atoms with van der Waals surface area (Å²) in [5.74, 6) is 1.34. The van der Waals surface area contributed by atoms with Crippen molar-refractivity contribution in [1.82, 2.24) is 19.1 Å². The fraction of sp³-hybridized carbons (Fsp3) is 0.123. The van der Waals surface area contributed by atoms with Gasteiger partial charge in [0, 0.05) is 49.3 Å². The van der Waals surface area contributed by atoms with Gasteiger partial charge < -0.3 is 9.13 Å². The highest BCUT2D eigenvalue weighted by atomic mass is 15.0. The summed E-state index contributed by atoms with van der Waals surface area (Å²) >= 11 is 0. The highest BCUT2D eigenvalue weighted by Gasteiger charge is 2.30. The molecule has 4 heteroatoms. The Morgan fingerprint density at radius 1 is 0.574 bits per heavy atom. The van der Waals surface area contributed by atoms with Crippen LogP contribution in [0.15, 0.2) is 188 Å². The Kier molecular flexibility index (Phi) is 7.95. The summed E-state index contributed by atoms with van der Waals surface area (Å²) in [6.45, 7) is 6.85. The highest BCUT2D eigenvalue weighted by molar-refractivity contribution is 6.22. The molecule has 61 heavy (non-hydrogen) atoms. The predicted molar refractivity (Wildman–Crippen MR) is 258 cm³/mol. The maximum Gasteiger partial charge on any atom is 0.139 e. The van der Waals surface area contributed by atoms with E-state index in [2.05, 4.69) is 212 Å². The van der Waals surface area contributed by atoms with Crippen molar-refractivity contribution in [1.29, 1.82) is 0 Å². The summed E-state index contributed by atoms with van der Waals surface area (Å²) in [5.41, 5.74) is 13.9. The third-order valence-electron chi connectivity index (χ3n) is 13.2. The molecule has 2 atom stereocenters. The maximum absolute atomic E-state index is 5.27. The largest absolute Gasteiger partial charge is 0.310 e. The van der Waals surface area contributed by atoms with Crippen molar-refractivity contribution in [3.05, 3.63) is 193 Å². The molecule has 3 heterocycles. The van der Waals surface area contributed by atoms with Crippen molar-refractivity contribution in [3.63, 3.8) is 0 Å². The van der Waals surface area contributed by atoms with Gasteiger partial charge in [0.1, 0.15) is 5.82 Å². The molecule has 2 unspecified atom stereocenters. The fourth-order valence-electron chi connectivity index (χ4n) is 10.2. The highest BCUT2D eigenvalue weighted by Crippen LogP contribution is 2.43. The Morgan fingerprint density at radius 3 is 2.02 bits per heavy atom. The molecular weight excluding hydrogens is 741 g/mol. The molecule has 10 aromatic rings. The molecule has 0 bridgehead atoms. The van der Waals surface area contributed by atoms with Gasteiger partial charge in [-0.05, 0) is 109 Å². The summed E-state index contributed by atoms with van der Waals surface area (Å²) in [5, 5.41) is 8.71. The van der Waals surface area contributed by atoms with Crippen molar-refractivity contribution in [2.45, 2.75) is 39.0 Å². The van der Waals surface area contributed by atoms with Crippen LogP contribution in [0.5, 0.6) is 0 Å². The molecule has 292 valence electrons. The minimum atomic E-state index is -0.364. The lowest BCUT2D eigenvalue weighted by Gasteiger charge is -2.28. The normalized spacial score (nSPS) is 18.1. The minimum Gasteiger partial charge on any atom is -0.310 e. The van der Waals surface area contributed by atoms with E-state index in [0.717, 1.165) is 46.5 Å². The molecule has 2 aliphatic carbocycles. The van der Waals surface area contributed by atoms with Crippen molar-refractivity contribution in [2.75, 3.05) is 0 Å². The number of aromatic nitrogens is 4. The predicted octanol–water partition coefficient (Wildman–Crippen LogP) is 14.9. The van der Waals surface area contributed by atoms with Gasteiger partial charge in [0.05, 0.1) is 33.3 Å². The molecule has 0 amide bonds. The van der Waals surface area contributed by atoms with Crippen LogP contribution in [0.1, 0.15) is 39.4 Å². The quantitative estimate of drug-likeness (QED) is 0.174. The molecule has 4 nitrogen and oxygen atoms in total. The average Bonchev–Trinajstić information content (AvgIpc) is 3.81. The monoisotopic (exact) mass is 784 g/mol. The van der Waals surface area contributed by atoms with E-state index in [1.165, 1.54) is 76.8 Å². The van der Waals surface area contributed by atoms with E-state index in [1.54, 1.807) is 0 Å². The number of para-hydroxylation sites is 2. The van der Waals surface area contributed by atoms with Crippen LogP contribution in [0.4, 0.5) is 0 Å². The van der Waals surface area contributed by atoms with Crippen molar-refractivity contribution < 1.29 is 0 Å².